The van der Waals surface area contributed by atoms with Crippen LogP contribution in [0, 0.1) is 11.6 Å². The van der Waals surface area contributed by atoms with Gasteiger partial charge in [0, 0.05) is 5.75 Å². The second kappa shape index (κ2) is 5.38. The zero-order chi connectivity index (χ0) is 12.3. The van der Waals surface area contributed by atoms with Gasteiger partial charge in [-0.25, -0.2) is 8.78 Å². The van der Waals surface area contributed by atoms with Gasteiger partial charge in [0.2, 0.25) is 0 Å². The maximum atomic E-state index is 13.2. The van der Waals surface area contributed by atoms with Crippen LogP contribution >= 0.6 is 12.6 Å². The van der Waals surface area contributed by atoms with Gasteiger partial charge in [-0.1, -0.05) is 0 Å². The van der Waals surface area contributed by atoms with E-state index >= 15 is 0 Å². The Morgan fingerprint density at radius 3 is 2.19 bits per heavy atom. The highest BCUT2D eigenvalue weighted by molar-refractivity contribution is 7.80. The molecule has 0 aliphatic heterocycles. The van der Waals surface area contributed by atoms with E-state index in [-0.39, 0.29) is 17.6 Å². The predicted octanol–water partition coefficient (Wildman–Crippen LogP) is 1.10. The van der Waals surface area contributed by atoms with E-state index in [0.717, 1.165) is 12.1 Å². The summed E-state index contributed by atoms with van der Waals surface area (Å²) in [7, 11) is 0. The summed E-state index contributed by atoms with van der Waals surface area (Å²) in [5.41, 5.74) is -0.835. The Labute approximate surface area is 96.1 Å². The number of hydrogen-bond donors (Lipinski definition) is 3. The van der Waals surface area contributed by atoms with Crippen molar-refractivity contribution in [1.82, 2.24) is 0 Å². The summed E-state index contributed by atoms with van der Waals surface area (Å²) in [5, 5.41) is 18.7. The summed E-state index contributed by atoms with van der Waals surface area (Å²) in [6, 6.07) is 1.62. The first kappa shape index (κ1) is 13.1. The van der Waals surface area contributed by atoms with Crippen LogP contribution in [-0.4, -0.2) is 28.4 Å². The Morgan fingerprint density at radius 1 is 1.31 bits per heavy atom. The topological polar surface area (TPSA) is 57.5 Å². The fourth-order valence-corrected chi connectivity index (χ4v) is 1.41. The molecule has 0 spiro atoms. The van der Waals surface area contributed by atoms with Crippen LogP contribution in [0.1, 0.15) is 22.0 Å². The van der Waals surface area contributed by atoms with Crippen molar-refractivity contribution < 1.29 is 23.8 Å². The lowest BCUT2D eigenvalue weighted by molar-refractivity contribution is 0.0334. The fraction of sp³-hybridized carbons (Fsp3) is 0.300. The van der Waals surface area contributed by atoms with Crippen molar-refractivity contribution in [3.63, 3.8) is 0 Å². The fourth-order valence-electron chi connectivity index (χ4n) is 1.21. The van der Waals surface area contributed by atoms with Gasteiger partial charge in [0.05, 0.1) is 11.7 Å². The smallest absolute Gasteiger partial charge is 0.155 e. The van der Waals surface area contributed by atoms with Crippen molar-refractivity contribution >= 4 is 18.9 Å². The Hall–Kier alpha value is -0.980. The Morgan fingerprint density at radius 2 is 1.81 bits per heavy atom. The van der Waals surface area contributed by atoms with Crippen LogP contribution in [0.2, 0.25) is 0 Å². The van der Waals surface area contributed by atoms with Gasteiger partial charge in [-0.15, -0.1) is 0 Å². The van der Waals surface area contributed by atoms with Crippen LogP contribution in [0.3, 0.4) is 0 Å². The van der Waals surface area contributed by atoms with Gasteiger partial charge in [-0.05, 0) is 17.7 Å². The van der Waals surface area contributed by atoms with E-state index in [1.54, 1.807) is 0 Å². The molecule has 3 nitrogen and oxygen atoms in total. The first-order valence-electron chi connectivity index (χ1n) is 4.42. The van der Waals surface area contributed by atoms with Crippen molar-refractivity contribution in [2.24, 2.45) is 0 Å². The minimum atomic E-state index is -1.44. The standard InChI is InChI=1S/C10H10F2O3S/c11-7-1-5(10(15)9(14)4-16)2-8(12)6(7)3-13/h1-3,9-10,14-16H,4H2. The molecule has 2 N–H and O–H groups in total. The number of benzene rings is 1. The number of rotatable bonds is 4. The molecule has 0 aromatic heterocycles. The molecule has 0 amide bonds. The van der Waals surface area contributed by atoms with Crippen molar-refractivity contribution in [3.05, 3.63) is 34.9 Å². The summed E-state index contributed by atoms with van der Waals surface area (Å²) in [4.78, 5) is 10.3. The van der Waals surface area contributed by atoms with E-state index in [4.69, 9.17) is 0 Å². The number of aliphatic hydroxyl groups excluding tert-OH is 2. The number of halogens is 2. The average molecular weight is 248 g/mol. The maximum absolute atomic E-state index is 13.2. The second-order valence-corrected chi connectivity index (χ2v) is 3.58. The first-order chi connectivity index (χ1) is 7.51. The van der Waals surface area contributed by atoms with E-state index < -0.39 is 29.4 Å². The van der Waals surface area contributed by atoms with E-state index in [1.807, 2.05) is 0 Å². The molecule has 88 valence electrons. The van der Waals surface area contributed by atoms with Crippen LogP contribution in [-0.2, 0) is 0 Å². The largest absolute Gasteiger partial charge is 0.389 e. The molecule has 0 bridgehead atoms. The average Bonchev–Trinajstić information content (AvgIpc) is 2.26. The van der Waals surface area contributed by atoms with E-state index in [2.05, 4.69) is 12.6 Å². The van der Waals surface area contributed by atoms with Gasteiger partial charge in [-0.2, -0.15) is 12.6 Å². The molecular formula is C10H10F2O3S. The van der Waals surface area contributed by atoms with Crippen LogP contribution in [0.4, 0.5) is 8.78 Å². The summed E-state index contributed by atoms with van der Waals surface area (Å²) in [6.07, 6.45) is -2.62. The normalized spacial score (nSPS) is 14.6. The molecule has 6 heteroatoms. The van der Waals surface area contributed by atoms with Gasteiger partial charge in [0.25, 0.3) is 0 Å². The molecule has 16 heavy (non-hydrogen) atoms. The molecule has 1 aromatic carbocycles. The third kappa shape index (κ3) is 2.58. The molecule has 0 radical (unpaired) electrons. The minimum Gasteiger partial charge on any atom is -0.389 e. The van der Waals surface area contributed by atoms with Crippen LogP contribution in [0.5, 0.6) is 0 Å². The van der Waals surface area contributed by atoms with Gasteiger partial charge in [0.15, 0.2) is 6.29 Å². The number of hydrogen-bond acceptors (Lipinski definition) is 4. The lowest BCUT2D eigenvalue weighted by Gasteiger charge is -2.16. The molecule has 0 saturated carbocycles. The highest BCUT2D eigenvalue weighted by Gasteiger charge is 2.20. The monoisotopic (exact) mass is 248 g/mol. The lowest BCUT2D eigenvalue weighted by atomic mass is 10.0. The maximum Gasteiger partial charge on any atom is 0.155 e. The number of carbonyl (C=O) groups excluding carboxylic acids is 1. The molecule has 0 fully saturated rings. The molecule has 0 aliphatic rings. The van der Waals surface area contributed by atoms with Gasteiger partial charge >= 0.3 is 0 Å². The van der Waals surface area contributed by atoms with Crippen molar-refractivity contribution in [2.75, 3.05) is 5.75 Å². The number of aliphatic hydroxyl groups is 2. The van der Waals surface area contributed by atoms with Crippen molar-refractivity contribution in [1.29, 1.82) is 0 Å². The lowest BCUT2D eigenvalue weighted by Crippen LogP contribution is -2.20. The zero-order valence-corrected chi connectivity index (χ0v) is 8.99. The van der Waals surface area contributed by atoms with Crippen molar-refractivity contribution in [2.45, 2.75) is 12.2 Å². The molecule has 1 rings (SSSR count). The molecule has 1 aromatic rings. The molecule has 2 atom stereocenters. The predicted molar refractivity (Wildman–Crippen MR) is 56.6 cm³/mol. The van der Waals surface area contributed by atoms with E-state index in [9.17, 15) is 23.8 Å². The molecule has 2 unspecified atom stereocenters. The van der Waals surface area contributed by atoms with Gasteiger partial charge in [-0.3, -0.25) is 4.79 Å². The highest BCUT2D eigenvalue weighted by Crippen LogP contribution is 2.22. The van der Waals surface area contributed by atoms with Crippen LogP contribution in [0.15, 0.2) is 12.1 Å². The van der Waals surface area contributed by atoms with E-state index in [0.29, 0.717) is 0 Å². The highest BCUT2D eigenvalue weighted by atomic mass is 32.1. The quantitative estimate of drug-likeness (QED) is 0.552. The summed E-state index contributed by atoms with van der Waals surface area (Å²) >= 11 is 3.74. The second-order valence-electron chi connectivity index (χ2n) is 3.21. The molecule has 0 heterocycles. The summed E-state index contributed by atoms with van der Waals surface area (Å²) in [6.45, 7) is 0. The summed E-state index contributed by atoms with van der Waals surface area (Å²) < 4.78 is 26.3. The zero-order valence-electron chi connectivity index (χ0n) is 8.10. The van der Waals surface area contributed by atoms with Crippen LogP contribution in [0.25, 0.3) is 0 Å². The summed E-state index contributed by atoms with van der Waals surface area (Å²) in [5.74, 6) is -2.20. The van der Waals surface area contributed by atoms with E-state index in [1.165, 1.54) is 0 Å². The Kier molecular flexibility index (Phi) is 4.40. The Balaban J connectivity index is 3.13. The van der Waals surface area contributed by atoms with Crippen LogP contribution < -0.4 is 0 Å². The third-order valence-corrected chi connectivity index (χ3v) is 2.49. The first-order valence-corrected chi connectivity index (χ1v) is 5.05. The Bertz CT molecular complexity index is 375. The number of aldehydes is 1. The van der Waals surface area contributed by atoms with Gasteiger partial charge in [0.1, 0.15) is 17.7 Å². The molecule has 0 aliphatic carbocycles. The van der Waals surface area contributed by atoms with Crippen molar-refractivity contribution in [3.8, 4) is 0 Å². The third-order valence-electron chi connectivity index (χ3n) is 2.11. The minimum absolute atomic E-state index is 0.0515. The molecule has 0 saturated heterocycles. The number of carbonyl (C=O) groups is 1. The van der Waals surface area contributed by atoms with Gasteiger partial charge < -0.3 is 10.2 Å². The molecular weight excluding hydrogens is 238 g/mol. The number of thiol groups is 1. The SMILES string of the molecule is O=Cc1c(F)cc(C(O)C(O)CS)cc1F.